The van der Waals surface area contributed by atoms with Crippen LogP contribution >= 0.6 is 0 Å². The minimum Gasteiger partial charge on any atom is -0.481 e. The first-order chi connectivity index (χ1) is 9.70. The van der Waals surface area contributed by atoms with Crippen LogP contribution < -0.4 is 10.2 Å². The largest absolute Gasteiger partial charge is 0.481 e. The van der Waals surface area contributed by atoms with Gasteiger partial charge < -0.3 is 24.5 Å². The molecule has 1 aromatic rings. The predicted molar refractivity (Wildman–Crippen MR) is 74.9 cm³/mol. The first-order valence-corrected chi connectivity index (χ1v) is 6.97. The molecule has 6 nitrogen and oxygen atoms in total. The van der Waals surface area contributed by atoms with E-state index in [1.54, 1.807) is 7.11 Å². The molecule has 1 aliphatic heterocycles. The van der Waals surface area contributed by atoms with E-state index in [1.165, 1.54) is 0 Å². The molecule has 2 rings (SSSR count). The lowest BCUT2D eigenvalue weighted by Crippen LogP contribution is -2.36. The number of nitrogens with zero attached hydrogens (tertiary/aromatic N) is 1. The molecule has 2 heterocycles. The summed E-state index contributed by atoms with van der Waals surface area (Å²) in [6.07, 6.45) is 1.36. The lowest BCUT2D eigenvalue weighted by Gasteiger charge is -2.29. The van der Waals surface area contributed by atoms with Crippen LogP contribution in [0.2, 0.25) is 0 Å². The predicted octanol–water partition coefficient (Wildman–Crippen LogP) is 1.32. The molecule has 0 aliphatic carbocycles. The van der Waals surface area contributed by atoms with Crippen LogP contribution in [0.25, 0.3) is 0 Å². The molecule has 0 saturated carbocycles. The first kappa shape index (κ1) is 14.9. The fourth-order valence-electron chi connectivity index (χ4n) is 2.36. The highest BCUT2D eigenvalue weighted by Gasteiger charge is 2.25. The zero-order valence-electron chi connectivity index (χ0n) is 11.8. The second-order valence-electron chi connectivity index (χ2n) is 5.01. The van der Waals surface area contributed by atoms with Crippen molar-refractivity contribution in [2.75, 3.05) is 38.3 Å². The number of piperidine rings is 1. The van der Waals surface area contributed by atoms with E-state index in [4.69, 9.17) is 14.3 Å². The van der Waals surface area contributed by atoms with Gasteiger partial charge in [0, 0.05) is 32.8 Å². The quantitative estimate of drug-likeness (QED) is 0.735. The first-order valence-electron chi connectivity index (χ1n) is 6.97. The Bertz CT molecular complexity index is 425. The molecule has 112 valence electrons. The topological polar surface area (TPSA) is 74.9 Å². The highest BCUT2D eigenvalue weighted by Crippen LogP contribution is 2.25. The standard InChI is InChI=1S/C14H22N2O4/c1-19-9-6-15-10-12-2-3-13(20-12)16-7-4-11(5-8-16)14(17)18/h2-3,11,15H,4-10H2,1H3,(H,17,18). The Hall–Kier alpha value is -1.53. The maximum absolute atomic E-state index is 10.9. The van der Waals surface area contributed by atoms with E-state index in [-0.39, 0.29) is 5.92 Å². The fraction of sp³-hybridized carbons (Fsp3) is 0.643. The molecule has 20 heavy (non-hydrogen) atoms. The molecule has 0 bridgehead atoms. The fourth-order valence-corrected chi connectivity index (χ4v) is 2.36. The molecule has 1 fully saturated rings. The molecule has 0 radical (unpaired) electrons. The van der Waals surface area contributed by atoms with E-state index in [1.807, 2.05) is 12.1 Å². The third kappa shape index (κ3) is 3.98. The molecule has 0 aromatic carbocycles. The summed E-state index contributed by atoms with van der Waals surface area (Å²) in [6.45, 7) is 3.61. The molecule has 0 atom stereocenters. The second-order valence-corrected chi connectivity index (χ2v) is 5.01. The number of carboxylic acids is 1. The van der Waals surface area contributed by atoms with Gasteiger partial charge in [0.1, 0.15) is 5.76 Å². The second kappa shape index (κ2) is 7.31. The normalized spacial score (nSPS) is 16.6. The van der Waals surface area contributed by atoms with Gasteiger partial charge in [0.05, 0.1) is 19.1 Å². The number of methoxy groups -OCH3 is 1. The van der Waals surface area contributed by atoms with Crippen LogP contribution in [-0.4, -0.2) is 44.4 Å². The summed E-state index contributed by atoms with van der Waals surface area (Å²) in [5, 5.41) is 12.2. The van der Waals surface area contributed by atoms with Crippen molar-refractivity contribution in [3.63, 3.8) is 0 Å². The third-order valence-corrected chi connectivity index (χ3v) is 3.59. The number of aliphatic carboxylic acids is 1. The Morgan fingerprint density at radius 2 is 2.25 bits per heavy atom. The lowest BCUT2D eigenvalue weighted by molar-refractivity contribution is -0.142. The maximum atomic E-state index is 10.9. The van der Waals surface area contributed by atoms with Gasteiger partial charge in [-0.25, -0.2) is 0 Å². The Morgan fingerprint density at radius 1 is 1.50 bits per heavy atom. The van der Waals surface area contributed by atoms with Crippen molar-refractivity contribution in [1.29, 1.82) is 0 Å². The van der Waals surface area contributed by atoms with Crippen LogP contribution in [-0.2, 0) is 16.1 Å². The van der Waals surface area contributed by atoms with Gasteiger partial charge in [0.15, 0.2) is 5.88 Å². The van der Waals surface area contributed by atoms with Gasteiger partial charge in [0.25, 0.3) is 0 Å². The number of hydrogen-bond donors (Lipinski definition) is 2. The number of hydrogen-bond acceptors (Lipinski definition) is 5. The Labute approximate surface area is 118 Å². The van der Waals surface area contributed by atoms with E-state index in [0.29, 0.717) is 26.0 Å². The van der Waals surface area contributed by atoms with E-state index in [0.717, 1.165) is 31.3 Å². The highest BCUT2D eigenvalue weighted by atomic mass is 16.5. The summed E-state index contributed by atoms with van der Waals surface area (Å²) in [7, 11) is 1.67. The van der Waals surface area contributed by atoms with E-state index < -0.39 is 5.97 Å². The number of carboxylic acid groups (broad SMARTS) is 1. The van der Waals surface area contributed by atoms with Crippen LogP contribution in [0.15, 0.2) is 16.5 Å². The SMILES string of the molecule is COCCNCc1ccc(N2CCC(C(=O)O)CC2)o1. The molecule has 0 unspecified atom stereocenters. The minimum atomic E-state index is -0.688. The Balaban J connectivity index is 1.79. The summed E-state index contributed by atoms with van der Waals surface area (Å²) >= 11 is 0. The van der Waals surface area contributed by atoms with Crippen molar-refractivity contribution in [3.05, 3.63) is 17.9 Å². The molecule has 1 aliphatic rings. The van der Waals surface area contributed by atoms with Crippen LogP contribution in [0.5, 0.6) is 0 Å². The van der Waals surface area contributed by atoms with Crippen molar-refractivity contribution in [1.82, 2.24) is 5.32 Å². The van der Waals surface area contributed by atoms with Crippen molar-refractivity contribution in [2.45, 2.75) is 19.4 Å². The van der Waals surface area contributed by atoms with Crippen molar-refractivity contribution < 1.29 is 19.1 Å². The number of rotatable bonds is 7. The van der Waals surface area contributed by atoms with Crippen LogP contribution in [0.3, 0.4) is 0 Å². The zero-order chi connectivity index (χ0) is 14.4. The van der Waals surface area contributed by atoms with Crippen LogP contribution in [0.1, 0.15) is 18.6 Å². The molecule has 0 amide bonds. The summed E-state index contributed by atoms with van der Waals surface area (Å²) in [4.78, 5) is 13.0. The third-order valence-electron chi connectivity index (χ3n) is 3.59. The monoisotopic (exact) mass is 282 g/mol. The number of anilines is 1. The van der Waals surface area contributed by atoms with Gasteiger partial charge in [-0.1, -0.05) is 0 Å². The maximum Gasteiger partial charge on any atom is 0.306 e. The van der Waals surface area contributed by atoms with Gasteiger partial charge in [-0.2, -0.15) is 0 Å². The van der Waals surface area contributed by atoms with E-state index >= 15 is 0 Å². The Morgan fingerprint density at radius 3 is 2.90 bits per heavy atom. The van der Waals surface area contributed by atoms with Gasteiger partial charge in [-0.3, -0.25) is 4.79 Å². The lowest BCUT2D eigenvalue weighted by atomic mass is 9.97. The molecule has 1 aromatic heterocycles. The molecule has 0 spiro atoms. The Kier molecular flexibility index (Phi) is 5.43. The van der Waals surface area contributed by atoms with Crippen molar-refractivity contribution >= 4 is 11.9 Å². The zero-order valence-corrected chi connectivity index (χ0v) is 11.8. The average molecular weight is 282 g/mol. The summed E-state index contributed by atoms with van der Waals surface area (Å²) in [5.41, 5.74) is 0. The molecular formula is C14H22N2O4. The van der Waals surface area contributed by atoms with Gasteiger partial charge >= 0.3 is 5.97 Å². The van der Waals surface area contributed by atoms with Crippen LogP contribution in [0.4, 0.5) is 5.88 Å². The van der Waals surface area contributed by atoms with Crippen molar-refractivity contribution in [3.8, 4) is 0 Å². The highest BCUT2D eigenvalue weighted by molar-refractivity contribution is 5.70. The summed E-state index contributed by atoms with van der Waals surface area (Å²) < 4.78 is 10.7. The number of nitrogens with one attached hydrogen (secondary N) is 1. The molecular weight excluding hydrogens is 260 g/mol. The molecule has 6 heteroatoms. The summed E-state index contributed by atoms with van der Waals surface area (Å²) in [6, 6.07) is 3.91. The van der Waals surface area contributed by atoms with Crippen LogP contribution in [0, 0.1) is 5.92 Å². The van der Waals surface area contributed by atoms with E-state index in [2.05, 4.69) is 10.2 Å². The number of furan rings is 1. The summed E-state index contributed by atoms with van der Waals surface area (Å²) in [5.74, 6) is 0.817. The molecule has 1 saturated heterocycles. The smallest absolute Gasteiger partial charge is 0.306 e. The van der Waals surface area contributed by atoms with Gasteiger partial charge in [-0.15, -0.1) is 0 Å². The molecule has 2 N–H and O–H groups in total. The number of ether oxygens (including phenoxy) is 1. The average Bonchev–Trinajstić information content (AvgIpc) is 2.92. The van der Waals surface area contributed by atoms with Gasteiger partial charge in [0.2, 0.25) is 0 Å². The number of carbonyl (C=O) groups is 1. The van der Waals surface area contributed by atoms with Crippen molar-refractivity contribution in [2.24, 2.45) is 5.92 Å². The van der Waals surface area contributed by atoms with Gasteiger partial charge in [-0.05, 0) is 18.9 Å². The minimum absolute atomic E-state index is 0.212. The van der Waals surface area contributed by atoms with E-state index in [9.17, 15) is 4.79 Å².